The topological polar surface area (TPSA) is 63.8 Å². The molecule has 28 heavy (non-hydrogen) atoms. The van der Waals surface area contributed by atoms with E-state index < -0.39 is 0 Å². The van der Waals surface area contributed by atoms with E-state index in [0.717, 1.165) is 28.1 Å². The highest BCUT2D eigenvalue weighted by Gasteiger charge is 2.14. The number of aromatic nitrogens is 5. The summed E-state index contributed by atoms with van der Waals surface area (Å²) in [6, 6.07) is 17.7. The van der Waals surface area contributed by atoms with Crippen LogP contribution in [0.2, 0.25) is 5.15 Å². The summed E-state index contributed by atoms with van der Waals surface area (Å²) in [6.07, 6.45) is 1.66. The van der Waals surface area contributed by atoms with Crippen molar-refractivity contribution in [1.29, 1.82) is 0 Å². The molecule has 0 amide bonds. The van der Waals surface area contributed by atoms with Crippen molar-refractivity contribution < 1.29 is 0 Å². The van der Waals surface area contributed by atoms with Crippen LogP contribution >= 0.6 is 23.8 Å². The monoisotopic (exact) mass is 408 g/mol. The Labute approximate surface area is 172 Å². The van der Waals surface area contributed by atoms with Crippen LogP contribution in [-0.2, 0) is 0 Å². The van der Waals surface area contributed by atoms with E-state index in [1.807, 2.05) is 68.4 Å². The van der Waals surface area contributed by atoms with Gasteiger partial charge >= 0.3 is 0 Å². The van der Waals surface area contributed by atoms with Crippen molar-refractivity contribution in [2.75, 3.05) is 0 Å². The third-order valence-electron chi connectivity index (χ3n) is 4.39. The number of rotatable bonds is 4. The molecule has 1 N–H and O–H groups in total. The molecule has 0 spiro atoms. The molecule has 0 fully saturated rings. The lowest BCUT2D eigenvalue weighted by Gasteiger charge is -2.04. The second-order valence-corrected chi connectivity index (χ2v) is 7.01. The zero-order chi connectivity index (χ0) is 19.7. The molecule has 0 aliphatic rings. The number of nitrogens with zero attached hydrogens (tertiary/aromatic N) is 5. The molecule has 2 heterocycles. The van der Waals surface area contributed by atoms with Gasteiger partial charge in [0.25, 0.3) is 0 Å². The molecule has 2 aromatic carbocycles. The van der Waals surface area contributed by atoms with Gasteiger partial charge in [-0.05, 0) is 43.8 Å². The fourth-order valence-electron chi connectivity index (χ4n) is 2.91. The molecule has 2 aromatic heterocycles. The summed E-state index contributed by atoms with van der Waals surface area (Å²) in [5, 5.41) is 16.7. The van der Waals surface area contributed by atoms with Crippen molar-refractivity contribution in [3.05, 3.63) is 81.3 Å². The molecule has 4 aromatic rings. The second-order valence-electron chi connectivity index (χ2n) is 6.26. The Morgan fingerprint density at radius 2 is 1.79 bits per heavy atom. The largest absolute Gasteiger partial charge is 0.250 e. The van der Waals surface area contributed by atoms with Crippen LogP contribution in [0.1, 0.15) is 16.8 Å². The summed E-state index contributed by atoms with van der Waals surface area (Å²) in [7, 11) is 0. The smallest absolute Gasteiger partial charge is 0.216 e. The van der Waals surface area contributed by atoms with Gasteiger partial charge in [0.2, 0.25) is 4.77 Å². The average molecular weight is 409 g/mol. The molecule has 6 nitrogen and oxygen atoms in total. The predicted octanol–water partition coefficient (Wildman–Crippen LogP) is 4.95. The first-order chi connectivity index (χ1) is 13.6. The number of nitrogens with one attached hydrogen (secondary N) is 1. The molecule has 0 atom stereocenters. The van der Waals surface area contributed by atoms with E-state index in [0.29, 0.717) is 15.7 Å². The van der Waals surface area contributed by atoms with Gasteiger partial charge < -0.3 is 0 Å². The summed E-state index contributed by atoms with van der Waals surface area (Å²) >= 11 is 11.9. The van der Waals surface area contributed by atoms with Crippen LogP contribution in [0.25, 0.3) is 17.1 Å². The molecule has 0 radical (unpaired) electrons. The van der Waals surface area contributed by atoms with Crippen molar-refractivity contribution >= 4 is 30.0 Å². The van der Waals surface area contributed by atoms with Crippen LogP contribution in [-0.4, -0.2) is 30.9 Å². The quantitative estimate of drug-likeness (QED) is 0.384. The number of hydrogen-bond donors (Lipinski definition) is 1. The third kappa shape index (κ3) is 3.30. The van der Waals surface area contributed by atoms with Gasteiger partial charge in [-0.1, -0.05) is 54.1 Å². The SMILES string of the molecule is Cc1ccccc1-c1n[nH]c(=S)n1N=Cc1c(C)nn(-c2ccccc2)c1Cl. The standard InChI is InChI=1S/C20H17ClN6S/c1-13-8-6-7-11-16(13)19-23-24-20(28)27(19)22-12-17-14(2)25-26(18(17)21)15-9-4-3-5-10-15/h3-12H,1-2H3,(H,24,28). The lowest BCUT2D eigenvalue weighted by atomic mass is 10.1. The van der Waals surface area contributed by atoms with Gasteiger partial charge in [-0.3, -0.25) is 0 Å². The lowest BCUT2D eigenvalue weighted by Crippen LogP contribution is -1.97. The number of hydrogen-bond acceptors (Lipinski definition) is 4. The molecule has 0 bridgehead atoms. The Morgan fingerprint density at radius 3 is 2.54 bits per heavy atom. The van der Waals surface area contributed by atoms with Crippen molar-refractivity contribution in [1.82, 2.24) is 24.7 Å². The summed E-state index contributed by atoms with van der Waals surface area (Å²) < 4.78 is 3.68. The van der Waals surface area contributed by atoms with Crippen LogP contribution in [0.5, 0.6) is 0 Å². The van der Waals surface area contributed by atoms with E-state index in [4.69, 9.17) is 23.8 Å². The first kappa shape index (κ1) is 18.3. The van der Waals surface area contributed by atoms with Gasteiger partial charge in [0, 0.05) is 5.56 Å². The zero-order valence-electron chi connectivity index (χ0n) is 15.3. The van der Waals surface area contributed by atoms with Crippen LogP contribution in [0.3, 0.4) is 0 Å². The minimum absolute atomic E-state index is 0.402. The van der Waals surface area contributed by atoms with Crippen molar-refractivity contribution in [2.24, 2.45) is 5.10 Å². The van der Waals surface area contributed by atoms with Crippen molar-refractivity contribution in [3.8, 4) is 17.1 Å². The maximum Gasteiger partial charge on any atom is 0.216 e. The predicted molar refractivity (Wildman–Crippen MR) is 114 cm³/mol. The summed E-state index contributed by atoms with van der Waals surface area (Å²) in [6.45, 7) is 3.91. The van der Waals surface area contributed by atoms with E-state index in [1.165, 1.54) is 0 Å². The van der Waals surface area contributed by atoms with Crippen LogP contribution in [0, 0.1) is 18.6 Å². The molecular weight excluding hydrogens is 392 g/mol. The van der Waals surface area contributed by atoms with E-state index >= 15 is 0 Å². The van der Waals surface area contributed by atoms with Gasteiger partial charge in [0.05, 0.1) is 23.2 Å². The number of H-pyrrole nitrogens is 1. The van der Waals surface area contributed by atoms with Crippen LogP contribution < -0.4 is 0 Å². The molecule has 0 saturated carbocycles. The van der Waals surface area contributed by atoms with Crippen LogP contribution in [0.4, 0.5) is 0 Å². The van der Waals surface area contributed by atoms with E-state index in [1.54, 1.807) is 15.6 Å². The highest BCUT2D eigenvalue weighted by molar-refractivity contribution is 7.71. The van der Waals surface area contributed by atoms with Crippen molar-refractivity contribution in [2.45, 2.75) is 13.8 Å². The van der Waals surface area contributed by atoms with Gasteiger partial charge in [0.15, 0.2) is 5.82 Å². The first-order valence-corrected chi connectivity index (χ1v) is 9.43. The molecule has 0 aliphatic heterocycles. The first-order valence-electron chi connectivity index (χ1n) is 8.64. The Kier molecular flexibility index (Phi) is 4.93. The van der Waals surface area contributed by atoms with Crippen LogP contribution in [0.15, 0.2) is 59.7 Å². The van der Waals surface area contributed by atoms with E-state index in [9.17, 15) is 0 Å². The fourth-order valence-corrected chi connectivity index (χ4v) is 3.41. The highest BCUT2D eigenvalue weighted by atomic mass is 35.5. The summed E-state index contributed by atoms with van der Waals surface area (Å²) in [5.41, 5.74) is 4.42. The van der Waals surface area contributed by atoms with Gasteiger partial charge in [-0.25, -0.2) is 9.78 Å². The zero-order valence-corrected chi connectivity index (χ0v) is 16.9. The van der Waals surface area contributed by atoms with Gasteiger partial charge in [-0.15, -0.1) is 0 Å². The Balaban J connectivity index is 1.76. The lowest BCUT2D eigenvalue weighted by molar-refractivity contribution is 0.863. The fraction of sp³-hybridized carbons (Fsp3) is 0.100. The Hall–Kier alpha value is -3.03. The number of benzene rings is 2. The minimum Gasteiger partial charge on any atom is -0.250 e. The number of aryl methyl sites for hydroxylation is 2. The van der Waals surface area contributed by atoms with Gasteiger partial charge in [-0.2, -0.15) is 20.0 Å². The third-order valence-corrected chi connectivity index (χ3v) is 5.02. The molecule has 0 unspecified atom stereocenters. The molecular formula is C20H17ClN6S. The second kappa shape index (κ2) is 7.53. The summed E-state index contributed by atoms with van der Waals surface area (Å²) in [5.74, 6) is 0.642. The Bertz CT molecular complexity index is 1220. The van der Waals surface area contributed by atoms with Crippen molar-refractivity contribution in [3.63, 3.8) is 0 Å². The highest BCUT2D eigenvalue weighted by Crippen LogP contribution is 2.23. The maximum absolute atomic E-state index is 6.58. The number of aromatic amines is 1. The molecule has 140 valence electrons. The molecule has 0 saturated heterocycles. The maximum atomic E-state index is 6.58. The molecule has 8 heteroatoms. The average Bonchev–Trinajstić information content (AvgIpc) is 3.20. The number of halogens is 1. The Morgan fingerprint density at radius 1 is 1.07 bits per heavy atom. The molecule has 4 rings (SSSR count). The number of para-hydroxylation sites is 1. The summed E-state index contributed by atoms with van der Waals surface area (Å²) in [4.78, 5) is 0. The van der Waals surface area contributed by atoms with E-state index in [2.05, 4.69) is 20.4 Å². The van der Waals surface area contributed by atoms with Gasteiger partial charge in [0.1, 0.15) is 5.15 Å². The van der Waals surface area contributed by atoms with E-state index in [-0.39, 0.29) is 0 Å². The normalized spacial score (nSPS) is 11.4. The molecule has 0 aliphatic carbocycles. The minimum atomic E-state index is 0.402.